The quantitative estimate of drug-likeness (QED) is 0.696. The van der Waals surface area contributed by atoms with E-state index in [1.54, 1.807) is 0 Å². The second-order valence-corrected chi connectivity index (χ2v) is 6.06. The molecule has 22 heavy (non-hydrogen) atoms. The first-order valence-corrected chi connectivity index (χ1v) is 9.35. The van der Waals surface area contributed by atoms with Crippen LogP contribution in [0.4, 0.5) is 5.95 Å². The molecule has 0 aliphatic carbocycles. The van der Waals surface area contributed by atoms with Crippen molar-refractivity contribution in [2.75, 3.05) is 18.0 Å². The summed E-state index contributed by atoms with van der Waals surface area (Å²) in [6.45, 7) is 12.9. The zero-order chi connectivity index (χ0) is 16.4. The lowest BCUT2D eigenvalue weighted by Gasteiger charge is -2.28. The number of rotatable bonds is 6. The zero-order valence-corrected chi connectivity index (χ0v) is 15.4. The standard InChI is InChI=1S/C17H29N3.C2H6/c1-4-9-15(10-5-2)16-13-14(3)18-17(19-16)20-11-7-6-8-12-20;1-2/h13,15H,4-12H2,1-3H3;1-2H3. The normalized spacial score (nSPS) is 14.7. The molecular formula is C19H35N3. The topological polar surface area (TPSA) is 29.0 Å². The molecule has 1 aromatic rings. The van der Waals surface area contributed by atoms with Crippen molar-refractivity contribution in [3.8, 4) is 0 Å². The van der Waals surface area contributed by atoms with E-state index in [1.165, 1.54) is 50.6 Å². The van der Waals surface area contributed by atoms with Gasteiger partial charge in [0.25, 0.3) is 0 Å². The number of aryl methyl sites for hydroxylation is 1. The lowest BCUT2D eigenvalue weighted by molar-refractivity contribution is 0.538. The van der Waals surface area contributed by atoms with Gasteiger partial charge in [-0.1, -0.05) is 40.5 Å². The number of anilines is 1. The van der Waals surface area contributed by atoms with Crippen molar-refractivity contribution in [2.24, 2.45) is 0 Å². The van der Waals surface area contributed by atoms with E-state index >= 15 is 0 Å². The van der Waals surface area contributed by atoms with E-state index < -0.39 is 0 Å². The average Bonchev–Trinajstić information content (AvgIpc) is 2.57. The van der Waals surface area contributed by atoms with E-state index in [-0.39, 0.29) is 0 Å². The predicted molar refractivity (Wildman–Crippen MR) is 96.7 cm³/mol. The van der Waals surface area contributed by atoms with Crippen molar-refractivity contribution in [3.63, 3.8) is 0 Å². The lowest BCUT2D eigenvalue weighted by atomic mass is 9.94. The SMILES string of the molecule is CC.CCCC(CCC)c1cc(C)nc(N2CCCCC2)n1. The molecule has 1 aliphatic heterocycles. The van der Waals surface area contributed by atoms with E-state index in [0.29, 0.717) is 5.92 Å². The number of aromatic nitrogens is 2. The molecule has 1 saturated heterocycles. The highest BCUT2D eigenvalue weighted by Crippen LogP contribution is 2.27. The van der Waals surface area contributed by atoms with Crippen molar-refractivity contribution in [2.45, 2.75) is 85.5 Å². The van der Waals surface area contributed by atoms with Crippen LogP contribution in [0.25, 0.3) is 0 Å². The highest BCUT2D eigenvalue weighted by molar-refractivity contribution is 5.33. The maximum absolute atomic E-state index is 4.91. The van der Waals surface area contributed by atoms with Gasteiger partial charge in [0, 0.05) is 30.4 Å². The van der Waals surface area contributed by atoms with Gasteiger partial charge >= 0.3 is 0 Å². The molecule has 0 N–H and O–H groups in total. The number of hydrogen-bond donors (Lipinski definition) is 0. The third kappa shape index (κ3) is 5.58. The fraction of sp³-hybridized carbons (Fsp3) is 0.789. The van der Waals surface area contributed by atoms with Crippen LogP contribution in [-0.2, 0) is 0 Å². The summed E-state index contributed by atoms with van der Waals surface area (Å²) in [6, 6.07) is 2.20. The third-order valence-corrected chi connectivity index (χ3v) is 4.19. The first kappa shape index (κ1) is 18.9. The first-order chi connectivity index (χ1) is 10.7. The second kappa shape index (κ2) is 10.6. The Morgan fingerprint density at radius 3 is 2.14 bits per heavy atom. The third-order valence-electron chi connectivity index (χ3n) is 4.19. The fourth-order valence-electron chi connectivity index (χ4n) is 3.16. The van der Waals surface area contributed by atoms with Crippen LogP contribution >= 0.6 is 0 Å². The average molecular weight is 306 g/mol. The van der Waals surface area contributed by atoms with Gasteiger partial charge in [0.2, 0.25) is 5.95 Å². The van der Waals surface area contributed by atoms with Crippen LogP contribution in [0.5, 0.6) is 0 Å². The summed E-state index contributed by atoms with van der Waals surface area (Å²) in [5.41, 5.74) is 2.38. The molecule has 0 bridgehead atoms. The summed E-state index contributed by atoms with van der Waals surface area (Å²) < 4.78 is 0. The Morgan fingerprint density at radius 1 is 1.00 bits per heavy atom. The molecule has 0 unspecified atom stereocenters. The van der Waals surface area contributed by atoms with Crippen LogP contribution in [0.3, 0.4) is 0 Å². The van der Waals surface area contributed by atoms with Crippen molar-refractivity contribution >= 4 is 5.95 Å². The minimum atomic E-state index is 0.607. The maximum Gasteiger partial charge on any atom is 0.225 e. The largest absolute Gasteiger partial charge is 0.341 e. The van der Waals surface area contributed by atoms with Gasteiger partial charge in [-0.3, -0.25) is 0 Å². The number of hydrogen-bond acceptors (Lipinski definition) is 3. The molecule has 0 saturated carbocycles. The molecule has 1 aliphatic rings. The zero-order valence-electron chi connectivity index (χ0n) is 15.4. The summed E-state index contributed by atoms with van der Waals surface area (Å²) in [6.07, 6.45) is 8.84. The van der Waals surface area contributed by atoms with Crippen LogP contribution in [0, 0.1) is 6.92 Å². The summed E-state index contributed by atoms with van der Waals surface area (Å²) in [7, 11) is 0. The molecular weight excluding hydrogens is 270 g/mol. The molecule has 0 aromatic carbocycles. The molecule has 0 atom stereocenters. The molecule has 0 radical (unpaired) electrons. The van der Waals surface area contributed by atoms with E-state index in [4.69, 9.17) is 4.98 Å². The molecule has 2 heterocycles. The van der Waals surface area contributed by atoms with Gasteiger partial charge in [0.05, 0.1) is 0 Å². The van der Waals surface area contributed by atoms with Crippen molar-refractivity contribution in [1.29, 1.82) is 0 Å². The second-order valence-electron chi connectivity index (χ2n) is 6.06. The fourth-order valence-corrected chi connectivity index (χ4v) is 3.16. The van der Waals surface area contributed by atoms with Crippen LogP contribution in [0.1, 0.15) is 89.9 Å². The van der Waals surface area contributed by atoms with Crippen LogP contribution in [-0.4, -0.2) is 23.1 Å². The molecule has 3 heteroatoms. The van der Waals surface area contributed by atoms with E-state index in [2.05, 4.69) is 36.7 Å². The highest BCUT2D eigenvalue weighted by atomic mass is 15.3. The summed E-state index contributed by atoms with van der Waals surface area (Å²) in [5, 5.41) is 0. The molecule has 2 rings (SSSR count). The molecule has 3 nitrogen and oxygen atoms in total. The number of nitrogens with zero attached hydrogens (tertiary/aromatic N) is 3. The van der Waals surface area contributed by atoms with Gasteiger partial charge in [-0.25, -0.2) is 9.97 Å². The molecule has 1 aromatic heterocycles. The smallest absolute Gasteiger partial charge is 0.225 e. The first-order valence-electron chi connectivity index (χ1n) is 9.35. The van der Waals surface area contributed by atoms with Crippen LogP contribution < -0.4 is 4.90 Å². The molecule has 0 amide bonds. The van der Waals surface area contributed by atoms with Gasteiger partial charge in [-0.15, -0.1) is 0 Å². The van der Waals surface area contributed by atoms with Gasteiger partial charge in [0.15, 0.2) is 0 Å². The highest BCUT2D eigenvalue weighted by Gasteiger charge is 2.18. The van der Waals surface area contributed by atoms with Crippen molar-refractivity contribution in [1.82, 2.24) is 9.97 Å². The predicted octanol–water partition coefficient (Wildman–Crippen LogP) is 5.49. The van der Waals surface area contributed by atoms with Crippen LogP contribution in [0.15, 0.2) is 6.07 Å². The Labute approximate surface area is 137 Å². The van der Waals surface area contributed by atoms with Crippen molar-refractivity contribution in [3.05, 3.63) is 17.5 Å². The summed E-state index contributed by atoms with van der Waals surface area (Å²) in [4.78, 5) is 12.0. The van der Waals surface area contributed by atoms with Gasteiger partial charge < -0.3 is 4.90 Å². The Morgan fingerprint density at radius 2 is 1.59 bits per heavy atom. The summed E-state index contributed by atoms with van der Waals surface area (Å²) in [5.74, 6) is 1.58. The molecule has 126 valence electrons. The van der Waals surface area contributed by atoms with Gasteiger partial charge in [-0.2, -0.15) is 0 Å². The lowest BCUT2D eigenvalue weighted by Crippen LogP contribution is -2.31. The van der Waals surface area contributed by atoms with E-state index in [9.17, 15) is 0 Å². The maximum atomic E-state index is 4.91. The Bertz CT molecular complexity index is 405. The number of piperidine rings is 1. The van der Waals surface area contributed by atoms with Gasteiger partial charge in [-0.05, 0) is 45.1 Å². The molecule has 1 fully saturated rings. The Hall–Kier alpha value is -1.12. The van der Waals surface area contributed by atoms with E-state index in [1.807, 2.05) is 13.8 Å². The Balaban J connectivity index is 0.00000116. The van der Waals surface area contributed by atoms with Crippen LogP contribution in [0.2, 0.25) is 0 Å². The molecule has 0 spiro atoms. The van der Waals surface area contributed by atoms with Gasteiger partial charge in [0.1, 0.15) is 0 Å². The van der Waals surface area contributed by atoms with Crippen molar-refractivity contribution < 1.29 is 0 Å². The minimum Gasteiger partial charge on any atom is -0.341 e. The van der Waals surface area contributed by atoms with E-state index in [0.717, 1.165) is 24.7 Å². The summed E-state index contributed by atoms with van der Waals surface area (Å²) >= 11 is 0. The monoisotopic (exact) mass is 305 g/mol. The Kier molecular flexibility index (Phi) is 9.10. The minimum absolute atomic E-state index is 0.607.